The molecule has 0 bridgehead atoms. The second-order valence-corrected chi connectivity index (χ2v) is 7.27. The summed E-state index contributed by atoms with van der Waals surface area (Å²) in [6.45, 7) is 9.15. The third-order valence-corrected chi connectivity index (χ3v) is 5.39. The van der Waals surface area contributed by atoms with E-state index in [1.54, 1.807) is 11.3 Å². The van der Waals surface area contributed by atoms with Crippen molar-refractivity contribution in [3.63, 3.8) is 0 Å². The number of ether oxygens (including phenoxy) is 1. The van der Waals surface area contributed by atoms with Gasteiger partial charge < -0.3 is 15.8 Å². The average Bonchev–Trinajstić information content (AvgIpc) is 2.83. The van der Waals surface area contributed by atoms with Crippen LogP contribution in [0.25, 0.3) is 0 Å². The number of carbonyl (C=O) groups excluding carboxylic acids is 1. The zero-order chi connectivity index (χ0) is 15.7. The zero-order valence-electron chi connectivity index (χ0n) is 13.2. The number of nitrogens with zero attached hydrogens (tertiary/aromatic N) is 1. The molecule has 0 spiro atoms. The van der Waals surface area contributed by atoms with Crippen molar-refractivity contribution in [2.24, 2.45) is 11.1 Å². The lowest BCUT2D eigenvalue weighted by Gasteiger charge is -2.57. The number of nitrogens with one attached hydrogen (secondary N) is 1. The number of hydrogen-bond donors (Lipinski definition) is 2. The summed E-state index contributed by atoms with van der Waals surface area (Å²) in [5.41, 5.74) is 6.15. The summed E-state index contributed by atoms with van der Waals surface area (Å²) >= 11 is 1.62. The summed E-state index contributed by atoms with van der Waals surface area (Å²) in [6, 6.07) is 0. The third-order valence-electron chi connectivity index (χ3n) is 4.57. The Kier molecular flexibility index (Phi) is 4.70. The lowest BCUT2D eigenvalue weighted by Crippen LogP contribution is -2.75. The Hall–Kier alpha value is -0.980. The normalized spacial score (nSPS) is 27.2. The molecule has 6 heteroatoms. The molecule has 1 aromatic rings. The van der Waals surface area contributed by atoms with Gasteiger partial charge in [-0.15, -0.1) is 11.3 Å². The van der Waals surface area contributed by atoms with Crippen LogP contribution in [0.3, 0.4) is 0 Å². The molecule has 2 atom stereocenters. The van der Waals surface area contributed by atoms with E-state index in [1.807, 2.05) is 33.1 Å². The molecule has 118 valence electrons. The van der Waals surface area contributed by atoms with Crippen LogP contribution < -0.4 is 11.1 Å². The molecule has 1 fully saturated rings. The van der Waals surface area contributed by atoms with E-state index in [9.17, 15) is 4.79 Å². The Morgan fingerprint density at radius 3 is 2.86 bits per heavy atom. The van der Waals surface area contributed by atoms with Gasteiger partial charge >= 0.3 is 0 Å². The number of thiazole rings is 1. The topological polar surface area (TPSA) is 77.2 Å². The van der Waals surface area contributed by atoms with E-state index in [4.69, 9.17) is 10.5 Å². The molecule has 1 aliphatic carbocycles. The lowest BCUT2D eigenvalue weighted by atomic mass is 9.54. The van der Waals surface area contributed by atoms with E-state index < -0.39 is 5.54 Å². The van der Waals surface area contributed by atoms with Crippen molar-refractivity contribution in [1.82, 2.24) is 10.3 Å². The number of carbonyl (C=O) groups is 1. The number of nitrogens with two attached hydrogens (primary N) is 1. The monoisotopic (exact) mass is 311 g/mol. The minimum Gasteiger partial charge on any atom is -0.378 e. The summed E-state index contributed by atoms with van der Waals surface area (Å²) in [4.78, 5) is 16.8. The SMILES string of the molecule is CCOC1CC(N)(C(=O)NCCc2csc(C)n2)C1(C)C. The van der Waals surface area contributed by atoms with Crippen LogP contribution in [0.5, 0.6) is 0 Å². The molecular weight excluding hydrogens is 286 g/mol. The molecule has 0 radical (unpaired) electrons. The van der Waals surface area contributed by atoms with Crippen LogP contribution in [0.15, 0.2) is 5.38 Å². The van der Waals surface area contributed by atoms with Crippen molar-refractivity contribution in [2.45, 2.75) is 52.2 Å². The van der Waals surface area contributed by atoms with E-state index in [0.29, 0.717) is 19.6 Å². The number of aryl methyl sites for hydroxylation is 1. The average molecular weight is 311 g/mol. The van der Waals surface area contributed by atoms with Crippen molar-refractivity contribution in [3.8, 4) is 0 Å². The second kappa shape index (κ2) is 6.02. The standard InChI is InChI=1S/C15H25N3O2S/c1-5-20-12-8-15(16,14(12,3)4)13(19)17-7-6-11-9-21-10(2)18-11/h9,12H,5-8,16H2,1-4H3,(H,17,19). The Balaban J connectivity index is 1.86. The van der Waals surface area contributed by atoms with Crippen LogP contribution >= 0.6 is 11.3 Å². The van der Waals surface area contributed by atoms with Gasteiger partial charge in [-0.3, -0.25) is 4.79 Å². The molecule has 1 aromatic heterocycles. The molecule has 1 aliphatic rings. The van der Waals surface area contributed by atoms with Gasteiger partial charge in [0.05, 0.1) is 16.8 Å². The van der Waals surface area contributed by atoms with Crippen LogP contribution in [0, 0.1) is 12.3 Å². The van der Waals surface area contributed by atoms with Crippen molar-refractivity contribution >= 4 is 17.2 Å². The van der Waals surface area contributed by atoms with Crippen LogP contribution in [0.4, 0.5) is 0 Å². The second-order valence-electron chi connectivity index (χ2n) is 6.20. The van der Waals surface area contributed by atoms with Crippen LogP contribution in [0.2, 0.25) is 0 Å². The molecule has 5 nitrogen and oxygen atoms in total. The van der Waals surface area contributed by atoms with Gasteiger partial charge in [0, 0.05) is 36.8 Å². The Bertz CT molecular complexity index is 515. The van der Waals surface area contributed by atoms with Crippen LogP contribution in [-0.4, -0.2) is 35.7 Å². The van der Waals surface area contributed by atoms with Gasteiger partial charge in [0.25, 0.3) is 0 Å². The highest BCUT2D eigenvalue weighted by molar-refractivity contribution is 7.09. The summed E-state index contributed by atoms with van der Waals surface area (Å²) < 4.78 is 5.65. The fourth-order valence-electron chi connectivity index (χ4n) is 2.81. The predicted octanol–water partition coefficient (Wildman–Crippen LogP) is 1.64. The number of hydrogen-bond acceptors (Lipinski definition) is 5. The third kappa shape index (κ3) is 2.98. The molecule has 1 amide bonds. The number of aromatic nitrogens is 1. The first kappa shape index (κ1) is 16.4. The molecule has 2 rings (SSSR count). The van der Waals surface area contributed by atoms with E-state index in [-0.39, 0.29) is 17.4 Å². The molecule has 0 saturated heterocycles. The Labute approximate surface area is 130 Å². The van der Waals surface area contributed by atoms with Crippen molar-refractivity contribution < 1.29 is 9.53 Å². The first-order valence-electron chi connectivity index (χ1n) is 7.41. The van der Waals surface area contributed by atoms with E-state index in [1.165, 1.54) is 0 Å². The maximum Gasteiger partial charge on any atom is 0.240 e. The maximum atomic E-state index is 12.4. The summed E-state index contributed by atoms with van der Waals surface area (Å²) in [7, 11) is 0. The zero-order valence-corrected chi connectivity index (χ0v) is 14.0. The summed E-state index contributed by atoms with van der Waals surface area (Å²) in [5.74, 6) is -0.0876. The predicted molar refractivity (Wildman–Crippen MR) is 84.3 cm³/mol. The van der Waals surface area contributed by atoms with Crippen molar-refractivity contribution in [1.29, 1.82) is 0 Å². The molecule has 0 aliphatic heterocycles. The van der Waals surface area contributed by atoms with Gasteiger partial charge in [-0.2, -0.15) is 0 Å². The summed E-state index contributed by atoms with van der Waals surface area (Å²) in [6.07, 6.45) is 1.37. The minimum absolute atomic E-state index is 0.0550. The molecule has 1 saturated carbocycles. The highest BCUT2D eigenvalue weighted by Gasteiger charge is 2.62. The summed E-state index contributed by atoms with van der Waals surface area (Å²) in [5, 5.41) is 6.02. The van der Waals surface area contributed by atoms with Gasteiger partial charge in [0.2, 0.25) is 5.91 Å². The Morgan fingerprint density at radius 1 is 1.62 bits per heavy atom. The quantitative estimate of drug-likeness (QED) is 0.837. The van der Waals surface area contributed by atoms with Crippen LogP contribution in [0.1, 0.15) is 37.9 Å². The molecule has 21 heavy (non-hydrogen) atoms. The molecule has 2 unspecified atom stereocenters. The van der Waals surface area contributed by atoms with Gasteiger partial charge in [-0.1, -0.05) is 13.8 Å². The number of amides is 1. The largest absolute Gasteiger partial charge is 0.378 e. The van der Waals surface area contributed by atoms with Gasteiger partial charge in [-0.25, -0.2) is 4.98 Å². The highest BCUT2D eigenvalue weighted by Crippen LogP contribution is 2.49. The van der Waals surface area contributed by atoms with Gasteiger partial charge in [-0.05, 0) is 13.8 Å². The smallest absolute Gasteiger partial charge is 0.240 e. The maximum absolute atomic E-state index is 12.4. The fraction of sp³-hybridized carbons (Fsp3) is 0.733. The molecule has 3 N–H and O–H groups in total. The number of rotatable bonds is 6. The molecular formula is C15H25N3O2S. The lowest BCUT2D eigenvalue weighted by molar-refractivity contribution is -0.170. The van der Waals surface area contributed by atoms with E-state index in [2.05, 4.69) is 10.3 Å². The molecule has 1 heterocycles. The molecule has 0 aromatic carbocycles. The van der Waals surface area contributed by atoms with Gasteiger partial charge in [0.15, 0.2) is 0 Å². The van der Waals surface area contributed by atoms with Crippen LogP contribution in [-0.2, 0) is 16.0 Å². The van der Waals surface area contributed by atoms with Crippen molar-refractivity contribution in [2.75, 3.05) is 13.2 Å². The minimum atomic E-state index is -0.842. The van der Waals surface area contributed by atoms with Crippen molar-refractivity contribution in [3.05, 3.63) is 16.1 Å². The fourth-order valence-corrected chi connectivity index (χ4v) is 3.45. The van der Waals surface area contributed by atoms with E-state index in [0.717, 1.165) is 17.1 Å². The Morgan fingerprint density at radius 2 is 2.33 bits per heavy atom. The first-order valence-corrected chi connectivity index (χ1v) is 8.29. The van der Waals surface area contributed by atoms with Gasteiger partial charge in [0.1, 0.15) is 5.54 Å². The highest BCUT2D eigenvalue weighted by atomic mass is 32.1. The first-order chi connectivity index (χ1) is 9.81. The van der Waals surface area contributed by atoms with E-state index >= 15 is 0 Å².